The number of esters is 2. The number of halogens is 1. The third kappa shape index (κ3) is 4.65. The van der Waals surface area contributed by atoms with E-state index in [9.17, 15) is 19.6 Å². The highest BCUT2D eigenvalue weighted by molar-refractivity contribution is 9.10. The first-order valence-corrected chi connectivity index (χ1v) is 9.70. The molecule has 0 atom stereocenters. The number of hydrogen-bond donors (Lipinski definition) is 1. The van der Waals surface area contributed by atoms with Crippen molar-refractivity contribution in [2.75, 3.05) is 19.5 Å². The van der Waals surface area contributed by atoms with Crippen molar-refractivity contribution in [3.63, 3.8) is 0 Å². The maximum absolute atomic E-state index is 12.3. The second kappa shape index (κ2) is 9.28. The third-order valence-electron chi connectivity index (χ3n) is 4.43. The Morgan fingerprint density at radius 3 is 2.23 bits per heavy atom. The van der Waals surface area contributed by atoms with E-state index in [1.807, 2.05) is 6.07 Å². The number of hydrogen-bond acceptors (Lipinski definition) is 7. The van der Waals surface area contributed by atoms with E-state index in [1.165, 1.54) is 30.0 Å². The van der Waals surface area contributed by atoms with Crippen LogP contribution in [-0.4, -0.2) is 36.0 Å². The number of Topliss-reactive ketones (excluding diaryl/α,β-unsaturated/α-hetero) is 1. The molecule has 8 nitrogen and oxygen atoms in total. The van der Waals surface area contributed by atoms with Crippen LogP contribution in [0.4, 0.5) is 5.69 Å². The maximum atomic E-state index is 12.3. The van der Waals surface area contributed by atoms with Crippen LogP contribution < -0.4 is 5.73 Å². The van der Waals surface area contributed by atoms with Crippen molar-refractivity contribution < 1.29 is 23.9 Å². The first kappa shape index (κ1) is 21.8. The highest BCUT2D eigenvalue weighted by Gasteiger charge is 2.22. The Morgan fingerprint density at radius 2 is 1.65 bits per heavy atom. The molecule has 0 aliphatic carbocycles. The molecule has 156 valence electrons. The molecule has 0 aliphatic rings. The molecule has 0 bridgehead atoms. The topological polar surface area (TPSA) is 124 Å². The fourth-order valence-electron chi connectivity index (χ4n) is 2.81. The summed E-state index contributed by atoms with van der Waals surface area (Å²) in [5, 5.41) is 9.19. The molecule has 0 saturated heterocycles. The molecule has 0 saturated carbocycles. The highest BCUT2D eigenvalue weighted by Crippen LogP contribution is 2.25. The maximum Gasteiger partial charge on any atom is 0.357 e. The van der Waals surface area contributed by atoms with Gasteiger partial charge in [-0.05, 0) is 36.4 Å². The van der Waals surface area contributed by atoms with E-state index < -0.39 is 18.5 Å². The molecule has 1 aromatic heterocycles. The fraction of sp³-hybridized carbons (Fsp3) is 0.0909. The van der Waals surface area contributed by atoms with Gasteiger partial charge in [-0.1, -0.05) is 28.1 Å². The Balaban J connectivity index is 1.75. The van der Waals surface area contributed by atoms with E-state index in [4.69, 9.17) is 15.2 Å². The van der Waals surface area contributed by atoms with Crippen molar-refractivity contribution >= 4 is 39.3 Å². The number of nitrogens with two attached hydrogens (primary N) is 1. The van der Waals surface area contributed by atoms with E-state index in [0.29, 0.717) is 11.3 Å². The van der Waals surface area contributed by atoms with Crippen LogP contribution >= 0.6 is 15.9 Å². The van der Waals surface area contributed by atoms with Crippen molar-refractivity contribution in [2.45, 2.75) is 0 Å². The summed E-state index contributed by atoms with van der Waals surface area (Å²) in [4.78, 5) is 36.5. The molecule has 2 N–H and O–H groups in total. The number of aromatic nitrogens is 1. The van der Waals surface area contributed by atoms with Crippen LogP contribution in [0.5, 0.6) is 0 Å². The van der Waals surface area contributed by atoms with Gasteiger partial charge in [0.25, 0.3) is 0 Å². The molecule has 3 aromatic rings. The third-order valence-corrected chi connectivity index (χ3v) is 4.95. The molecule has 1 heterocycles. The quantitative estimate of drug-likeness (QED) is 0.421. The van der Waals surface area contributed by atoms with Crippen molar-refractivity contribution in [1.29, 1.82) is 5.26 Å². The van der Waals surface area contributed by atoms with Gasteiger partial charge >= 0.3 is 11.9 Å². The van der Waals surface area contributed by atoms with Gasteiger partial charge in [0.2, 0.25) is 0 Å². The minimum absolute atomic E-state index is 0.00397. The zero-order valence-corrected chi connectivity index (χ0v) is 17.9. The Hall–Kier alpha value is -3.90. The molecule has 0 amide bonds. The molecule has 9 heteroatoms. The molecular weight excluding hydrogens is 466 g/mol. The fourth-order valence-corrected chi connectivity index (χ4v) is 3.07. The van der Waals surface area contributed by atoms with Crippen molar-refractivity contribution in [1.82, 2.24) is 4.57 Å². The molecule has 0 aliphatic heterocycles. The van der Waals surface area contributed by atoms with Gasteiger partial charge in [0.05, 0.1) is 23.9 Å². The monoisotopic (exact) mass is 481 g/mol. The van der Waals surface area contributed by atoms with Crippen LogP contribution in [-0.2, 0) is 9.47 Å². The lowest BCUT2D eigenvalue weighted by Crippen LogP contribution is -2.14. The second-order valence-corrected chi connectivity index (χ2v) is 7.25. The van der Waals surface area contributed by atoms with Gasteiger partial charge in [0.1, 0.15) is 6.07 Å². The number of nitrogens with zero attached hydrogens (tertiary/aromatic N) is 2. The average Bonchev–Trinajstić information content (AvgIpc) is 3.13. The number of ketones is 1. The highest BCUT2D eigenvalue weighted by atomic mass is 79.9. The molecular formula is C22H16BrN3O5. The summed E-state index contributed by atoms with van der Waals surface area (Å²) < 4.78 is 12.1. The van der Waals surface area contributed by atoms with Gasteiger partial charge in [-0.3, -0.25) is 4.79 Å². The summed E-state index contributed by atoms with van der Waals surface area (Å²) in [5.74, 6) is -1.70. The minimum atomic E-state index is -0.700. The number of ether oxygens (including phenoxy) is 2. The molecule has 0 spiro atoms. The number of rotatable bonds is 6. The SMILES string of the molecule is COC(=O)c1c(N)c(C#N)cn1-c1ccc(C(=O)OCC(=O)c2ccc(Br)cc2)cc1. The van der Waals surface area contributed by atoms with Crippen LogP contribution in [0.1, 0.15) is 36.8 Å². The van der Waals surface area contributed by atoms with Crippen LogP contribution in [0, 0.1) is 11.3 Å². The Labute approximate surface area is 185 Å². The summed E-state index contributed by atoms with van der Waals surface area (Å²) in [6, 6.07) is 14.7. The molecule has 0 radical (unpaired) electrons. The van der Waals surface area contributed by atoms with Gasteiger partial charge in [-0.25, -0.2) is 9.59 Å². The Kier molecular flexibility index (Phi) is 6.52. The van der Waals surface area contributed by atoms with Gasteiger partial charge in [-0.2, -0.15) is 5.26 Å². The minimum Gasteiger partial charge on any atom is -0.464 e. The number of nitrogen functional groups attached to an aromatic ring is 1. The normalized spacial score (nSPS) is 10.2. The Bertz CT molecular complexity index is 1190. The predicted octanol–water partition coefficient (Wildman–Crippen LogP) is 3.52. The number of benzene rings is 2. The van der Waals surface area contributed by atoms with Crippen molar-refractivity contribution in [3.8, 4) is 11.8 Å². The smallest absolute Gasteiger partial charge is 0.357 e. The summed E-state index contributed by atoms with van der Waals surface area (Å²) in [6.07, 6.45) is 1.41. The standard InChI is InChI=1S/C22H16BrN3O5/c1-30-22(29)20-19(25)15(10-24)11-26(20)17-8-4-14(5-9-17)21(28)31-12-18(27)13-2-6-16(23)7-3-13/h2-9,11H,12,25H2,1H3. The zero-order chi connectivity index (χ0) is 22.5. The van der Waals surface area contributed by atoms with Crippen molar-refractivity contribution in [2.24, 2.45) is 0 Å². The lowest BCUT2D eigenvalue weighted by atomic mass is 10.1. The average molecular weight is 482 g/mol. The molecule has 3 rings (SSSR count). The van der Waals surface area contributed by atoms with Gasteiger partial charge < -0.3 is 19.8 Å². The number of nitriles is 1. The number of methoxy groups -OCH3 is 1. The van der Waals surface area contributed by atoms with E-state index in [2.05, 4.69) is 15.9 Å². The van der Waals surface area contributed by atoms with E-state index in [0.717, 1.165) is 4.47 Å². The molecule has 31 heavy (non-hydrogen) atoms. The number of anilines is 1. The summed E-state index contributed by atoms with van der Waals surface area (Å²) in [7, 11) is 1.21. The molecule has 0 unspecified atom stereocenters. The van der Waals surface area contributed by atoms with Gasteiger partial charge in [0.15, 0.2) is 18.1 Å². The van der Waals surface area contributed by atoms with E-state index in [-0.39, 0.29) is 28.3 Å². The van der Waals surface area contributed by atoms with E-state index >= 15 is 0 Å². The van der Waals surface area contributed by atoms with E-state index in [1.54, 1.807) is 36.4 Å². The zero-order valence-electron chi connectivity index (χ0n) is 16.3. The molecule has 0 fully saturated rings. The first-order valence-electron chi connectivity index (χ1n) is 8.91. The summed E-state index contributed by atoms with van der Waals surface area (Å²) in [5.41, 5.74) is 7.14. The summed E-state index contributed by atoms with van der Waals surface area (Å²) >= 11 is 3.29. The van der Waals surface area contributed by atoms with Gasteiger partial charge in [0, 0.05) is 21.9 Å². The van der Waals surface area contributed by atoms with Gasteiger partial charge in [-0.15, -0.1) is 0 Å². The van der Waals surface area contributed by atoms with Crippen LogP contribution in [0.3, 0.4) is 0 Å². The predicted molar refractivity (Wildman–Crippen MR) is 115 cm³/mol. The lowest BCUT2D eigenvalue weighted by Gasteiger charge is -2.09. The van der Waals surface area contributed by atoms with Crippen molar-refractivity contribution in [3.05, 3.63) is 81.6 Å². The lowest BCUT2D eigenvalue weighted by molar-refractivity contribution is 0.0474. The number of carbonyl (C=O) groups is 3. The first-order chi connectivity index (χ1) is 14.8. The summed E-state index contributed by atoms with van der Waals surface area (Å²) in [6.45, 7) is -0.394. The number of carbonyl (C=O) groups excluding carboxylic acids is 3. The van der Waals surface area contributed by atoms with Crippen LogP contribution in [0.15, 0.2) is 59.2 Å². The largest absolute Gasteiger partial charge is 0.464 e. The Morgan fingerprint density at radius 1 is 1.03 bits per heavy atom. The molecule has 2 aromatic carbocycles. The second-order valence-electron chi connectivity index (χ2n) is 6.33. The van der Waals surface area contributed by atoms with Crippen LogP contribution in [0.25, 0.3) is 5.69 Å². The van der Waals surface area contributed by atoms with Crippen LogP contribution in [0.2, 0.25) is 0 Å².